The standard InChI is InChI=1S/C31H28N4O4S/c1-33(2)24-12-14-25(15-13-24)34-18-4-5-26(34)19-28-29(36)35(20-21-6-8-22(9-7-21)30(37)38)31(40-28)32-23-10-16-27(39-3)17-11-23/h4-19H,20H2,1-3H3,(H,37,38)/b28-19-,32-31?. The molecule has 1 saturated heterocycles. The number of carboxylic acids is 1. The zero-order valence-electron chi connectivity index (χ0n) is 22.3. The van der Waals surface area contributed by atoms with Gasteiger partial charge in [0.15, 0.2) is 5.17 Å². The molecule has 0 atom stereocenters. The average molecular weight is 553 g/mol. The van der Waals surface area contributed by atoms with Gasteiger partial charge in [0, 0.05) is 37.4 Å². The van der Waals surface area contributed by atoms with Crippen molar-refractivity contribution in [3.8, 4) is 11.4 Å². The number of hydrogen-bond acceptors (Lipinski definition) is 6. The first-order chi connectivity index (χ1) is 19.3. The minimum Gasteiger partial charge on any atom is -0.497 e. The maximum atomic E-state index is 13.7. The molecule has 1 N–H and O–H groups in total. The van der Waals surface area contributed by atoms with E-state index in [0.29, 0.717) is 15.8 Å². The van der Waals surface area contributed by atoms with E-state index in [9.17, 15) is 14.7 Å². The predicted molar refractivity (Wildman–Crippen MR) is 160 cm³/mol. The zero-order chi connectivity index (χ0) is 28.2. The molecule has 8 nitrogen and oxygen atoms in total. The van der Waals surface area contributed by atoms with Crippen molar-refractivity contribution in [2.75, 3.05) is 26.1 Å². The van der Waals surface area contributed by atoms with Crippen LogP contribution >= 0.6 is 11.8 Å². The Labute approximate surface area is 236 Å². The van der Waals surface area contributed by atoms with Gasteiger partial charge >= 0.3 is 5.97 Å². The summed E-state index contributed by atoms with van der Waals surface area (Å²) < 4.78 is 7.29. The van der Waals surface area contributed by atoms with E-state index < -0.39 is 5.97 Å². The molecule has 4 aromatic rings. The van der Waals surface area contributed by atoms with Crippen molar-refractivity contribution >= 4 is 46.3 Å². The molecular formula is C31H28N4O4S. The third-order valence-corrected chi connectivity index (χ3v) is 7.44. The van der Waals surface area contributed by atoms with Gasteiger partial charge in [-0.15, -0.1) is 0 Å². The number of carboxylic acid groups (broad SMARTS) is 1. The lowest BCUT2D eigenvalue weighted by Gasteiger charge is -2.16. The van der Waals surface area contributed by atoms with Gasteiger partial charge in [-0.25, -0.2) is 9.79 Å². The first kappa shape index (κ1) is 26.8. The molecule has 0 radical (unpaired) electrons. The lowest BCUT2D eigenvalue weighted by atomic mass is 10.1. The second-order valence-corrected chi connectivity index (χ2v) is 10.3. The molecule has 202 valence electrons. The normalized spacial score (nSPS) is 15.2. The van der Waals surface area contributed by atoms with E-state index in [2.05, 4.69) is 12.1 Å². The van der Waals surface area contributed by atoms with Crippen LogP contribution in [0.5, 0.6) is 5.75 Å². The highest BCUT2D eigenvalue weighted by atomic mass is 32.2. The molecule has 1 aromatic heterocycles. The number of carbonyl (C=O) groups excluding carboxylic acids is 1. The number of aliphatic imine (C=N–C) groups is 1. The Kier molecular flexibility index (Phi) is 7.75. The van der Waals surface area contributed by atoms with Gasteiger partial charge in [0.05, 0.1) is 29.8 Å². The van der Waals surface area contributed by atoms with Crippen molar-refractivity contribution in [2.24, 2.45) is 4.99 Å². The summed E-state index contributed by atoms with van der Waals surface area (Å²) in [5.41, 5.74) is 4.63. The third-order valence-electron chi connectivity index (χ3n) is 6.43. The SMILES string of the molecule is COc1ccc(N=C2S/C(=C\c3cccn3-c3ccc(N(C)C)cc3)C(=O)N2Cc2ccc(C(=O)O)cc2)cc1. The molecule has 2 heterocycles. The lowest BCUT2D eigenvalue weighted by molar-refractivity contribution is -0.122. The van der Waals surface area contributed by atoms with Gasteiger partial charge in [-0.2, -0.15) is 0 Å². The maximum Gasteiger partial charge on any atom is 0.335 e. The Morgan fingerprint density at radius 3 is 2.33 bits per heavy atom. The molecule has 5 rings (SSSR count). The number of aromatic nitrogens is 1. The molecule has 0 saturated carbocycles. The zero-order valence-corrected chi connectivity index (χ0v) is 23.1. The van der Waals surface area contributed by atoms with Gasteiger partial charge in [0.2, 0.25) is 0 Å². The van der Waals surface area contributed by atoms with E-state index in [1.807, 2.05) is 84.4 Å². The fraction of sp³-hybridized carbons (Fsp3) is 0.129. The molecule has 1 fully saturated rings. The molecule has 1 aliphatic rings. The number of benzene rings is 3. The topological polar surface area (TPSA) is 87.4 Å². The number of carbonyl (C=O) groups is 2. The Morgan fingerprint density at radius 2 is 1.70 bits per heavy atom. The largest absolute Gasteiger partial charge is 0.497 e. The summed E-state index contributed by atoms with van der Waals surface area (Å²) in [5.74, 6) is -0.449. The van der Waals surface area contributed by atoms with Crippen LogP contribution in [-0.2, 0) is 11.3 Å². The van der Waals surface area contributed by atoms with Crippen LogP contribution in [0.3, 0.4) is 0 Å². The van der Waals surface area contributed by atoms with Crippen molar-refractivity contribution in [3.63, 3.8) is 0 Å². The second kappa shape index (κ2) is 11.5. The molecule has 0 bridgehead atoms. The van der Waals surface area contributed by atoms with Gasteiger partial charge < -0.3 is 19.3 Å². The van der Waals surface area contributed by atoms with Crippen molar-refractivity contribution in [3.05, 3.63) is 113 Å². The highest BCUT2D eigenvalue weighted by molar-refractivity contribution is 8.18. The van der Waals surface area contributed by atoms with Crippen molar-refractivity contribution in [1.82, 2.24) is 9.47 Å². The lowest BCUT2D eigenvalue weighted by Crippen LogP contribution is -2.28. The number of anilines is 1. The Bertz CT molecular complexity index is 1590. The van der Waals surface area contributed by atoms with Gasteiger partial charge in [-0.3, -0.25) is 9.69 Å². The van der Waals surface area contributed by atoms with E-state index in [1.165, 1.54) is 23.9 Å². The highest BCUT2D eigenvalue weighted by Crippen LogP contribution is 2.36. The number of amides is 1. The van der Waals surface area contributed by atoms with E-state index in [-0.39, 0.29) is 18.0 Å². The smallest absolute Gasteiger partial charge is 0.335 e. The van der Waals surface area contributed by atoms with Crippen LogP contribution in [0.15, 0.2) is 101 Å². The second-order valence-electron chi connectivity index (χ2n) is 9.31. The van der Waals surface area contributed by atoms with E-state index in [4.69, 9.17) is 9.73 Å². The van der Waals surface area contributed by atoms with Gasteiger partial charge in [-0.05, 0) is 96.2 Å². The van der Waals surface area contributed by atoms with Crippen LogP contribution in [-0.4, -0.2) is 52.8 Å². The summed E-state index contributed by atoms with van der Waals surface area (Å²) in [7, 11) is 5.61. The number of methoxy groups -OCH3 is 1. The number of hydrogen-bond donors (Lipinski definition) is 1. The van der Waals surface area contributed by atoms with Gasteiger partial charge in [0.1, 0.15) is 5.75 Å². The number of thioether (sulfide) groups is 1. The fourth-order valence-electron chi connectivity index (χ4n) is 4.23. The minimum atomic E-state index is -0.995. The summed E-state index contributed by atoms with van der Waals surface area (Å²) in [6.07, 6.45) is 3.85. The third kappa shape index (κ3) is 5.79. The van der Waals surface area contributed by atoms with Crippen LogP contribution in [0.1, 0.15) is 21.6 Å². The monoisotopic (exact) mass is 552 g/mol. The molecule has 1 aliphatic heterocycles. The highest BCUT2D eigenvalue weighted by Gasteiger charge is 2.34. The van der Waals surface area contributed by atoms with Crippen LogP contribution in [0, 0.1) is 0 Å². The Balaban J connectivity index is 1.48. The molecule has 40 heavy (non-hydrogen) atoms. The van der Waals surface area contributed by atoms with Crippen molar-refractivity contribution in [1.29, 1.82) is 0 Å². The van der Waals surface area contributed by atoms with E-state index in [0.717, 1.165) is 28.4 Å². The molecule has 3 aromatic carbocycles. The number of amidine groups is 1. The molecule has 9 heteroatoms. The van der Waals surface area contributed by atoms with E-state index >= 15 is 0 Å². The fourth-order valence-corrected chi connectivity index (χ4v) is 5.21. The summed E-state index contributed by atoms with van der Waals surface area (Å²) >= 11 is 1.31. The van der Waals surface area contributed by atoms with Crippen LogP contribution in [0.4, 0.5) is 11.4 Å². The molecule has 0 unspecified atom stereocenters. The maximum absolute atomic E-state index is 13.7. The van der Waals surface area contributed by atoms with Gasteiger partial charge in [0.25, 0.3) is 5.91 Å². The molecule has 0 spiro atoms. The summed E-state index contributed by atoms with van der Waals surface area (Å²) in [6, 6.07) is 25.9. The average Bonchev–Trinajstić information content (AvgIpc) is 3.54. The minimum absolute atomic E-state index is 0.171. The van der Waals surface area contributed by atoms with Gasteiger partial charge in [-0.1, -0.05) is 12.1 Å². The van der Waals surface area contributed by atoms with Crippen molar-refractivity contribution < 1.29 is 19.4 Å². The number of nitrogens with zero attached hydrogens (tertiary/aromatic N) is 4. The first-order valence-electron chi connectivity index (χ1n) is 12.5. The molecule has 0 aliphatic carbocycles. The predicted octanol–water partition coefficient (Wildman–Crippen LogP) is 6.05. The van der Waals surface area contributed by atoms with Crippen LogP contribution in [0.2, 0.25) is 0 Å². The Morgan fingerprint density at radius 1 is 1.00 bits per heavy atom. The number of rotatable bonds is 8. The Hall–Kier alpha value is -4.76. The quantitative estimate of drug-likeness (QED) is 0.268. The molecular weight excluding hydrogens is 524 g/mol. The first-order valence-corrected chi connectivity index (χ1v) is 13.4. The summed E-state index contributed by atoms with van der Waals surface area (Å²) in [5, 5.41) is 9.78. The molecule has 1 amide bonds. The summed E-state index contributed by atoms with van der Waals surface area (Å²) in [6.45, 7) is 0.255. The van der Waals surface area contributed by atoms with E-state index in [1.54, 1.807) is 24.1 Å². The van der Waals surface area contributed by atoms with Crippen LogP contribution < -0.4 is 9.64 Å². The van der Waals surface area contributed by atoms with Crippen molar-refractivity contribution in [2.45, 2.75) is 6.54 Å². The van der Waals surface area contributed by atoms with Crippen LogP contribution in [0.25, 0.3) is 11.8 Å². The summed E-state index contributed by atoms with van der Waals surface area (Å²) in [4.78, 5) is 34.0. The number of aromatic carboxylic acids is 1. The number of ether oxygens (including phenoxy) is 1.